The van der Waals surface area contributed by atoms with Crippen LogP contribution in [0.2, 0.25) is 0 Å². The van der Waals surface area contributed by atoms with Gasteiger partial charge in [-0.15, -0.1) is 0 Å². The average molecular weight is 679 g/mol. The minimum atomic E-state index is -5.14. The molecule has 2 aromatic carbocycles. The number of hydrogen-bond acceptors (Lipinski definition) is 5. The zero-order valence-electron chi connectivity index (χ0n) is 24.5. The van der Waals surface area contributed by atoms with Crippen molar-refractivity contribution < 1.29 is 54.2 Å². The molecule has 9 nitrogen and oxygen atoms in total. The third kappa shape index (κ3) is 7.52. The number of hydrogen-bond donors (Lipinski definition) is 4. The number of nitrogens with two attached hydrogens (primary N) is 1. The number of amides is 3. The van der Waals surface area contributed by atoms with Gasteiger partial charge >= 0.3 is 30.7 Å². The molecule has 0 saturated heterocycles. The number of aromatic nitrogens is 2. The van der Waals surface area contributed by atoms with Crippen molar-refractivity contribution in [2.75, 3.05) is 11.9 Å². The zero-order valence-corrected chi connectivity index (χ0v) is 24.5. The van der Waals surface area contributed by atoms with Gasteiger partial charge in [0.15, 0.2) is 0 Å². The molecule has 1 aliphatic rings. The maximum absolute atomic E-state index is 13.7. The van der Waals surface area contributed by atoms with Gasteiger partial charge in [0.2, 0.25) is 0 Å². The second kappa shape index (κ2) is 12.5. The molecule has 3 aromatic rings. The molecule has 0 saturated carbocycles. The minimum absolute atomic E-state index is 0.0122. The summed E-state index contributed by atoms with van der Waals surface area (Å²) in [6.07, 6.45) is -16.5. The van der Waals surface area contributed by atoms with Crippen LogP contribution in [0.4, 0.5) is 54.8 Å². The first kappa shape index (κ1) is 35.2. The topological polar surface area (TPSA) is 133 Å². The van der Waals surface area contributed by atoms with Crippen LogP contribution in [0.15, 0.2) is 42.6 Å². The number of carbonyl (C=O) groups excluding carboxylic acids is 1. The summed E-state index contributed by atoms with van der Waals surface area (Å²) in [5.74, 6) is -1.42. The van der Waals surface area contributed by atoms with Crippen molar-refractivity contribution in [2.45, 2.75) is 62.8 Å². The lowest BCUT2D eigenvalue weighted by Gasteiger charge is -2.46. The first-order valence-electron chi connectivity index (χ1n) is 13.8. The van der Waals surface area contributed by atoms with Gasteiger partial charge in [-0.1, -0.05) is 6.92 Å². The molecule has 0 aliphatic carbocycles. The van der Waals surface area contributed by atoms with Crippen molar-refractivity contribution in [2.24, 2.45) is 5.73 Å². The van der Waals surface area contributed by atoms with Gasteiger partial charge in [0, 0.05) is 37.7 Å². The minimum Gasteiger partial charge on any atom is -0.465 e. The van der Waals surface area contributed by atoms with Crippen molar-refractivity contribution in [1.29, 1.82) is 0 Å². The molecule has 0 radical (unpaired) electrons. The Bertz CT molecular complexity index is 1640. The quantitative estimate of drug-likeness (QED) is 0.216. The summed E-state index contributed by atoms with van der Waals surface area (Å²) >= 11 is 0. The van der Waals surface area contributed by atoms with Crippen LogP contribution in [0.5, 0.6) is 0 Å². The van der Waals surface area contributed by atoms with E-state index in [1.807, 2.05) is 0 Å². The van der Waals surface area contributed by atoms with Gasteiger partial charge in [0.25, 0.3) is 0 Å². The van der Waals surface area contributed by atoms with E-state index in [4.69, 9.17) is 5.73 Å². The third-order valence-corrected chi connectivity index (χ3v) is 7.75. The highest BCUT2D eigenvalue weighted by Gasteiger charge is 2.47. The van der Waals surface area contributed by atoms with Gasteiger partial charge in [-0.25, -0.2) is 19.6 Å². The fraction of sp³-hybridized carbons (Fsp3) is 0.379. The maximum Gasteiger partial charge on any atom is 0.416 e. The van der Waals surface area contributed by atoms with E-state index in [0.717, 1.165) is 23.2 Å². The van der Waals surface area contributed by atoms with Crippen LogP contribution in [-0.4, -0.2) is 39.9 Å². The van der Waals surface area contributed by atoms with E-state index < -0.39 is 70.9 Å². The van der Waals surface area contributed by atoms with Gasteiger partial charge in [0.1, 0.15) is 11.5 Å². The molecule has 5 N–H and O–H groups in total. The fourth-order valence-electron chi connectivity index (χ4n) is 5.34. The van der Waals surface area contributed by atoms with E-state index in [9.17, 15) is 54.2 Å². The van der Waals surface area contributed by atoms with Crippen LogP contribution in [0.1, 0.15) is 70.6 Å². The van der Waals surface area contributed by atoms with E-state index in [-0.39, 0.29) is 53.8 Å². The van der Waals surface area contributed by atoms with Crippen molar-refractivity contribution in [3.05, 3.63) is 87.5 Å². The van der Waals surface area contributed by atoms with E-state index in [1.165, 1.54) is 7.05 Å². The Kier molecular flexibility index (Phi) is 9.40. The van der Waals surface area contributed by atoms with Crippen molar-refractivity contribution in [1.82, 2.24) is 20.6 Å². The number of carboxylic acid groups (broad SMARTS) is 1. The van der Waals surface area contributed by atoms with Crippen LogP contribution in [0.3, 0.4) is 0 Å². The summed E-state index contributed by atoms with van der Waals surface area (Å²) in [6, 6.07) is 2.62. The Morgan fingerprint density at radius 1 is 0.979 bits per heavy atom. The van der Waals surface area contributed by atoms with Gasteiger partial charge in [-0.05, 0) is 60.4 Å². The van der Waals surface area contributed by atoms with Crippen LogP contribution in [0, 0.1) is 0 Å². The Balaban J connectivity index is 1.92. The molecule has 2 heterocycles. The highest BCUT2D eigenvalue weighted by atomic mass is 19.4. The standard InChI is InChI=1S/C29H27F9N6O3/c1-3-26(39)11-20(19-10-16(27(30,31)32)4-5-22(19)44(26)25(46)47)23-41-12-15(13-42-24(45)40-2)21(43-23)8-14-6-17(28(33,34)35)9-18(7-14)29(36,37)38/h4-7,9-10,12,20H,3,8,11,13,39H2,1-2H3,(H,46,47)(H2,40,42,45)/t20-,26+/m0/s1. The lowest BCUT2D eigenvalue weighted by Crippen LogP contribution is -2.61. The lowest BCUT2D eigenvalue weighted by atomic mass is 9.80. The first-order chi connectivity index (χ1) is 21.7. The van der Waals surface area contributed by atoms with Gasteiger partial charge < -0.3 is 21.5 Å². The SMILES string of the molecule is CC[C@]1(N)C[C@H](c2ncc(CNC(=O)NC)c(Cc3cc(C(F)(F)F)cc(C(F)(F)F)c3)n2)c2cc(C(F)(F)F)ccc2N1C(=O)O. The summed E-state index contributed by atoms with van der Waals surface area (Å²) in [4.78, 5) is 33.5. The molecular weight excluding hydrogens is 651 g/mol. The fourth-order valence-corrected chi connectivity index (χ4v) is 5.34. The number of benzene rings is 2. The molecule has 3 amide bonds. The van der Waals surface area contributed by atoms with Crippen molar-refractivity contribution >= 4 is 17.8 Å². The Labute approximate surface area is 261 Å². The Morgan fingerprint density at radius 3 is 2.09 bits per heavy atom. The van der Waals surface area contributed by atoms with E-state index in [1.54, 1.807) is 6.92 Å². The lowest BCUT2D eigenvalue weighted by molar-refractivity contribution is -0.143. The summed E-state index contributed by atoms with van der Waals surface area (Å²) in [5.41, 5.74) is -0.360. The van der Waals surface area contributed by atoms with Crippen molar-refractivity contribution in [3.8, 4) is 0 Å². The second-order valence-electron chi connectivity index (χ2n) is 10.8. The number of fused-ring (bicyclic) bond motifs is 1. The smallest absolute Gasteiger partial charge is 0.416 e. The molecule has 1 aliphatic heterocycles. The van der Waals surface area contributed by atoms with Gasteiger partial charge in [-0.2, -0.15) is 39.5 Å². The number of carbonyl (C=O) groups is 2. The van der Waals surface area contributed by atoms with Crippen LogP contribution < -0.4 is 21.3 Å². The summed E-state index contributed by atoms with van der Waals surface area (Å²) < 4.78 is 123. The monoisotopic (exact) mass is 678 g/mol. The molecule has 18 heteroatoms. The molecule has 47 heavy (non-hydrogen) atoms. The number of anilines is 1. The number of halogens is 9. The van der Waals surface area contributed by atoms with E-state index in [2.05, 4.69) is 20.6 Å². The molecule has 4 rings (SSSR count). The normalized spacial score (nSPS) is 18.5. The molecule has 0 bridgehead atoms. The van der Waals surface area contributed by atoms with Crippen LogP contribution in [0.25, 0.3) is 0 Å². The highest BCUT2D eigenvalue weighted by molar-refractivity contribution is 5.90. The Hall–Kier alpha value is -4.61. The number of nitrogens with zero attached hydrogens (tertiary/aromatic N) is 3. The predicted molar refractivity (Wildman–Crippen MR) is 148 cm³/mol. The maximum atomic E-state index is 13.7. The molecule has 1 aromatic heterocycles. The van der Waals surface area contributed by atoms with Gasteiger partial charge in [-0.3, -0.25) is 4.90 Å². The molecule has 254 valence electrons. The van der Waals surface area contributed by atoms with E-state index >= 15 is 0 Å². The van der Waals surface area contributed by atoms with Gasteiger partial charge in [0.05, 0.1) is 28.1 Å². The average Bonchev–Trinajstić information content (AvgIpc) is 2.97. The first-order valence-corrected chi connectivity index (χ1v) is 13.8. The Morgan fingerprint density at radius 2 is 1.57 bits per heavy atom. The van der Waals surface area contributed by atoms with Crippen molar-refractivity contribution in [3.63, 3.8) is 0 Å². The summed E-state index contributed by atoms with van der Waals surface area (Å²) in [6.45, 7) is 1.22. The zero-order chi connectivity index (χ0) is 35.1. The number of rotatable bonds is 6. The summed E-state index contributed by atoms with van der Waals surface area (Å²) in [7, 11) is 1.29. The second-order valence-corrected chi connectivity index (χ2v) is 10.8. The number of urea groups is 1. The summed E-state index contributed by atoms with van der Waals surface area (Å²) in [5, 5.41) is 14.7. The molecule has 2 atom stereocenters. The molecule has 0 spiro atoms. The molecule has 0 fully saturated rings. The largest absolute Gasteiger partial charge is 0.465 e. The van der Waals surface area contributed by atoms with E-state index in [0.29, 0.717) is 18.2 Å². The number of alkyl halides is 9. The van der Waals surface area contributed by atoms with Crippen LogP contribution >= 0.6 is 0 Å². The number of nitrogens with one attached hydrogen (secondary N) is 2. The molecule has 0 unspecified atom stereocenters. The highest BCUT2D eigenvalue weighted by Crippen LogP contribution is 2.47. The third-order valence-electron chi connectivity index (χ3n) is 7.75. The predicted octanol–water partition coefficient (Wildman–Crippen LogP) is 6.64. The van der Waals surface area contributed by atoms with Crippen LogP contribution in [-0.2, 0) is 31.5 Å². The molecular formula is C29H27F9N6O3.